The van der Waals surface area contributed by atoms with Crippen LogP contribution in [0.2, 0.25) is 0 Å². The Morgan fingerprint density at radius 2 is 2.20 bits per heavy atom. The molecule has 2 aromatic heterocycles. The Hall–Kier alpha value is -1.99. The van der Waals surface area contributed by atoms with Crippen molar-refractivity contribution in [3.63, 3.8) is 0 Å². The number of para-hydroxylation sites is 2. The zero-order valence-electron chi connectivity index (χ0n) is 11.2. The fraction of sp³-hybridized carbons (Fsp3) is 0.308. The van der Waals surface area contributed by atoms with Gasteiger partial charge in [0.2, 0.25) is 0 Å². The van der Waals surface area contributed by atoms with E-state index in [4.69, 9.17) is 10.8 Å². The Labute approximate surface area is 120 Å². The highest BCUT2D eigenvalue weighted by atomic mass is 32.1. The molecule has 0 aliphatic carbocycles. The van der Waals surface area contributed by atoms with Crippen LogP contribution in [-0.2, 0) is 13.0 Å². The molecule has 3 aromatic rings. The van der Waals surface area contributed by atoms with E-state index in [2.05, 4.69) is 32.6 Å². The van der Waals surface area contributed by atoms with Crippen LogP contribution < -0.4 is 11.3 Å². The molecule has 0 atom stereocenters. The molecule has 0 bridgehead atoms. The highest BCUT2D eigenvalue weighted by Crippen LogP contribution is 2.22. The van der Waals surface area contributed by atoms with E-state index in [1.165, 1.54) is 11.5 Å². The SMILES string of the molecule is CCCc1nc2ccccc2n1Cc1nnsc1NN. The van der Waals surface area contributed by atoms with Gasteiger partial charge in [0.05, 0.1) is 17.6 Å². The van der Waals surface area contributed by atoms with Crippen LogP contribution in [0.1, 0.15) is 24.9 Å². The summed E-state index contributed by atoms with van der Waals surface area (Å²) in [7, 11) is 0. The number of aryl methyl sites for hydroxylation is 1. The van der Waals surface area contributed by atoms with Gasteiger partial charge in [-0.3, -0.25) is 0 Å². The molecule has 7 heteroatoms. The second-order valence-corrected chi connectivity index (χ2v) is 5.30. The zero-order chi connectivity index (χ0) is 13.9. The molecule has 0 unspecified atom stereocenters. The molecule has 3 N–H and O–H groups in total. The Kier molecular flexibility index (Phi) is 3.62. The number of rotatable bonds is 5. The van der Waals surface area contributed by atoms with Gasteiger partial charge in [-0.05, 0) is 18.6 Å². The first kappa shape index (κ1) is 13.0. The van der Waals surface area contributed by atoms with Crippen LogP contribution in [0.5, 0.6) is 0 Å². The molecule has 0 aliphatic heterocycles. The Bertz CT molecular complexity index is 717. The predicted octanol–water partition coefficient (Wildman–Crippen LogP) is 2.17. The molecule has 3 rings (SSSR count). The summed E-state index contributed by atoms with van der Waals surface area (Å²) in [6, 6.07) is 8.15. The Morgan fingerprint density at radius 3 is 3.00 bits per heavy atom. The van der Waals surface area contributed by atoms with E-state index in [1.54, 1.807) is 0 Å². The Balaban J connectivity index is 2.06. The minimum Gasteiger partial charge on any atom is -0.322 e. The molecule has 1 aromatic carbocycles. The third kappa shape index (κ3) is 2.25. The molecule has 0 saturated heterocycles. The highest BCUT2D eigenvalue weighted by molar-refractivity contribution is 7.10. The summed E-state index contributed by atoms with van der Waals surface area (Å²) in [5.41, 5.74) is 5.63. The van der Waals surface area contributed by atoms with Gasteiger partial charge in [0.25, 0.3) is 0 Å². The lowest BCUT2D eigenvalue weighted by molar-refractivity contribution is 0.708. The number of hydrazine groups is 1. The van der Waals surface area contributed by atoms with Crippen molar-refractivity contribution < 1.29 is 0 Å². The van der Waals surface area contributed by atoms with Gasteiger partial charge in [0.15, 0.2) is 0 Å². The smallest absolute Gasteiger partial charge is 0.149 e. The monoisotopic (exact) mass is 288 g/mol. The number of imidazole rings is 1. The van der Waals surface area contributed by atoms with E-state index in [1.807, 2.05) is 18.2 Å². The van der Waals surface area contributed by atoms with Crippen molar-refractivity contribution in [2.24, 2.45) is 5.84 Å². The first-order valence-corrected chi connectivity index (χ1v) is 7.32. The molecule has 0 spiro atoms. The molecular formula is C13H16N6S. The predicted molar refractivity (Wildman–Crippen MR) is 80.5 cm³/mol. The molecule has 0 fully saturated rings. The van der Waals surface area contributed by atoms with E-state index in [9.17, 15) is 0 Å². The molecular weight excluding hydrogens is 272 g/mol. The van der Waals surface area contributed by atoms with Crippen molar-refractivity contribution in [1.29, 1.82) is 0 Å². The van der Waals surface area contributed by atoms with Crippen molar-refractivity contribution in [3.8, 4) is 0 Å². The number of benzene rings is 1. The summed E-state index contributed by atoms with van der Waals surface area (Å²) < 4.78 is 6.14. The number of anilines is 1. The van der Waals surface area contributed by atoms with Gasteiger partial charge in [-0.25, -0.2) is 10.8 Å². The van der Waals surface area contributed by atoms with Crippen LogP contribution in [0, 0.1) is 0 Å². The minimum absolute atomic E-state index is 0.631. The second kappa shape index (κ2) is 5.56. The fourth-order valence-corrected chi connectivity index (χ4v) is 2.77. The molecule has 0 saturated carbocycles. The number of nitrogens with zero attached hydrogens (tertiary/aromatic N) is 4. The highest BCUT2D eigenvalue weighted by Gasteiger charge is 2.14. The molecule has 0 radical (unpaired) electrons. The first-order chi connectivity index (χ1) is 9.83. The van der Waals surface area contributed by atoms with E-state index in [0.29, 0.717) is 6.54 Å². The molecule has 104 valence electrons. The van der Waals surface area contributed by atoms with E-state index >= 15 is 0 Å². The maximum Gasteiger partial charge on any atom is 0.149 e. The maximum absolute atomic E-state index is 5.49. The number of nitrogens with two attached hydrogens (primary N) is 1. The zero-order valence-corrected chi connectivity index (χ0v) is 12.0. The first-order valence-electron chi connectivity index (χ1n) is 6.55. The standard InChI is InChI=1S/C13H16N6S/c1-2-5-12-15-9-6-3-4-7-11(9)19(12)8-10-13(16-14)20-18-17-10/h3-4,6-7,16H,2,5,8,14H2,1H3. The number of nitrogens with one attached hydrogen (secondary N) is 1. The number of hydrogen-bond donors (Lipinski definition) is 2. The summed E-state index contributed by atoms with van der Waals surface area (Å²) in [6.07, 6.45) is 2.00. The van der Waals surface area contributed by atoms with Crippen molar-refractivity contribution in [1.82, 2.24) is 19.1 Å². The largest absolute Gasteiger partial charge is 0.322 e. The van der Waals surface area contributed by atoms with Crippen molar-refractivity contribution in [2.45, 2.75) is 26.3 Å². The van der Waals surface area contributed by atoms with Crippen molar-refractivity contribution >= 4 is 27.6 Å². The lowest BCUT2D eigenvalue weighted by Crippen LogP contribution is -2.11. The minimum atomic E-state index is 0.631. The van der Waals surface area contributed by atoms with Gasteiger partial charge in [0.1, 0.15) is 16.5 Å². The average molecular weight is 288 g/mol. The van der Waals surface area contributed by atoms with Crippen LogP contribution in [0.4, 0.5) is 5.00 Å². The quantitative estimate of drug-likeness (QED) is 0.555. The summed E-state index contributed by atoms with van der Waals surface area (Å²) >= 11 is 1.27. The van der Waals surface area contributed by atoms with E-state index in [-0.39, 0.29) is 0 Å². The molecule has 0 amide bonds. The van der Waals surface area contributed by atoms with Crippen molar-refractivity contribution in [3.05, 3.63) is 35.8 Å². The number of nitrogen functional groups attached to an aromatic ring is 1. The van der Waals surface area contributed by atoms with Crippen LogP contribution in [-0.4, -0.2) is 19.1 Å². The topological polar surface area (TPSA) is 81.7 Å². The Morgan fingerprint density at radius 1 is 1.35 bits per heavy atom. The van der Waals surface area contributed by atoms with E-state index < -0.39 is 0 Å². The van der Waals surface area contributed by atoms with Crippen LogP contribution in [0.3, 0.4) is 0 Å². The lowest BCUT2D eigenvalue weighted by atomic mass is 10.3. The molecule has 20 heavy (non-hydrogen) atoms. The molecule has 0 aliphatic rings. The van der Waals surface area contributed by atoms with Crippen LogP contribution in [0.25, 0.3) is 11.0 Å². The van der Waals surface area contributed by atoms with Gasteiger partial charge in [-0.1, -0.05) is 23.5 Å². The van der Waals surface area contributed by atoms with Crippen LogP contribution >= 0.6 is 11.5 Å². The van der Waals surface area contributed by atoms with Crippen LogP contribution in [0.15, 0.2) is 24.3 Å². The molecule has 2 heterocycles. The lowest BCUT2D eigenvalue weighted by Gasteiger charge is -2.07. The average Bonchev–Trinajstić information content (AvgIpc) is 3.05. The maximum atomic E-state index is 5.49. The number of aromatic nitrogens is 4. The summed E-state index contributed by atoms with van der Waals surface area (Å²) in [5, 5.41) is 4.94. The van der Waals surface area contributed by atoms with Gasteiger partial charge >= 0.3 is 0 Å². The summed E-state index contributed by atoms with van der Waals surface area (Å²) in [4.78, 5) is 4.70. The normalized spacial score (nSPS) is 11.1. The molecule has 6 nitrogen and oxygen atoms in total. The number of hydrogen-bond acceptors (Lipinski definition) is 6. The third-order valence-electron chi connectivity index (χ3n) is 3.20. The van der Waals surface area contributed by atoms with E-state index in [0.717, 1.165) is 40.4 Å². The van der Waals surface area contributed by atoms with Gasteiger partial charge in [-0.15, -0.1) is 5.10 Å². The van der Waals surface area contributed by atoms with Gasteiger partial charge in [-0.2, -0.15) is 0 Å². The fourth-order valence-electron chi connectivity index (χ4n) is 2.29. The summed E-state index contributed by atoms with van der Waals surface area (Å²) in [5.74, 6) is 6.56. The second-order valence-electron chi connectivity index (χ2n) is 4.55. The van der Waals surface area contributed by atoms with Gasteiger partial charge in [0, 0.05) is 18.0 Å². The van der Waals surface area contributed by atoms with Gasteiger partial charge < -0.3 is 9.99 Å². The van der Waals surface area contributed by atoms with Crippen molar-refractivity contribution in [2.75, 3.05) is 5.43 Å². The number of fused-ring (bicyclic) bond motifs is 1. The third-order valence-corrected chi connectivity index (χ3v) is 3.90. The summed E-state index contributed by atoms with van der Waals surface area (Å²) in [6.45, 7) is 2.78.